The summed E-state index contributed by atoms with van der Waals surface area (Å²) in [6, 6.07) is 6.17. The normalized spacial score (nSPS) is 25.4. The van der Waals surface area contributed by atoms with Gasteiger partial charge in [0.2, 0.25) is 0 Å². The van der Waals surface area contributed by atoms with Gasteiger partial charge in [-0.15, -0.1) is 0 Å². The van der Waals surface area contributed by atoms with E-state index >= 15 is 0 Å². The first-order chi connectivity index (χ1) is 14.5. The maximum atomic E-state index is 13.2. The number of unbranched alkanes of at least 4 members (excludes halogenated alkanes) is 1. The van der Waals surface area contributed by atoms with Crippen LogP contribution in [0.3, 0.4) is 0 Å². The SMILES string of the molecule is CCCCN1[C@@H]2COC[C@H]1C[C@@H](NC(=O)c1nn([C@@H](C)CC)c3ccc(O)cc13)C2. The van der Waals surface area contributed by atoms with Crippen LogP contribution in [-0.4, -0.2) is 63.6 Å². The van der Waals surface area contributed by atoms with Crippen LogP contribution < -0.4 is 5.32 Å². The van der Waals surface area contributed by atoms with Crippen molar-refractivity contribution in [2.45, 2.75) is 77.0 Å². The van der Waals surface area contributed by atoms with Gasteiger partial charge in [0, 0.05) is 29.6 Å². The monoisotopic (exact) mass is 414 g/mol. The summed E-state index contributed by atoms with van der Waals surface area (Å²) in [6.07, 6.45) is 5.11. The lowest BCUT2D eigenvalue weighted by Gasteiger charge is -2.48. The standard InChI is InChI=1S/C23H34N4O3/c1-4-6-9-26-17-10-16(11-18(26)14-30-13-17)24-23(29)22-20-12-19(28)7-8-21(20)27(25-22)15(3)5-2/h7-8,12,15-18,28H,4-6,9-11,13-14H2,1-3H3,(H,24,29)/t15-,16-,17-,18+/m0/s1. The maximum absolute atomic E-state index is 13.2. The second-order valence-electron chi connectivity index (χ2n) is 8.83. The Kier molecular flexibility index (Phi) is 6.29. The van der Waals surface area contributed by atoms with Crippen molar-refractivity contribution in [2.75, 3.05) is 19.8 Å². The Morgan fingerprint density at radius 3 is 2.70 bits per heavy atom. The smallest absolute Gasteiger partial charge is 0.272 e. The summed E-state index contributed by atoms with van der Waals surface area (Å²) in [4.78, 5) is 15.8. The van der Waals surface area contributed by atoms with Crippen molar-refractivity contribution in [2.24, 2.45) is 0 Å². The highest BCUT2D eigenvalue weighted by atomic mass is 16.5. The first kappa shape index (κ1) is 21.1. The molecule has 2 aliphatic heterocycles. The van der Waals surface area contributed by atoms with E-state index in [0.717, 1.165) is 44.5 Å². The third-order valence-corrected chi connectivity index (χ3v) is 6.69. The molecular formula is C23H34N4O3. The second-order valence-corrected chi connectivity index (χ2v) is 8.83. The number of amides is 1. The van der Waals surface area contributed by atoms with Crippen molar-refractivity contribution in [3.63, 3.8) is 0 Å². The van der Waals surface area contributed by atoms with Gasteiger partial charge in [0.1, 0.15) is 5.75 Å². The molecule has 30 heavy (non-hydrogen) atoms. The first-order valence-corrected chi connectivity index (χ1v) is 11.4. The lowest BCUT2D eigenvalue weighted by molar-refractivity contribution is -0.0802. The van der Waals surface area contributed by atoms with E-state index in [2.05, 4.69) is 36.1 Å². The average Bonchev–Trinajstić information content (AvgIpc) is 3.10. The van der Waals surface area contributed by atoms with Crippen molar-refractivity contribution in [3.05, 3.63) is 23.9 Å². The van der Waals surface area contributed by atoms with Crippen molar-refractivity contribution >= 4 is 16.8 Å². The predicted octanol–water partition coefficient (Wildman–Crippen LogP) is 3.47. The van der Waals surface area contributed by atoms with E-state index in [1.165, 1.54) is 12.8 Å². The zero-order chi connectivity index (χ0) is 21.3. The summed E-state index contributed by atoms with van der Waals surface area (Å²) >= 11 is 0. The number of carbonyl (C=O) groups is 1. The number of phenolic OH excluding ortho intramolecular Hbond substituents is 1. The first-order valence-electron chi connectivity index (χ1n) is 11.4. The maximum Gasteiger partial charge on any atom is 0.272 e. The molecule has 7 heteroatoms. The van der Waals surface area contributed by atoms with E-state index in [1.807, 2.05) is 10.7 Å². The molecule has 4 rings (SSSR count). The molecule has 1 amide bonds. The van der Waals surface area contributed by atoms with E-state index in [9.17, 15) is 9.90 Å². The van der Waals surface area contributed by atoms with E-state index in [1.54, 1.807) is 12.1 Å². The van der Waals surface area contributed by atoms with Crippen LogP contribution in [0.4, 0.5) is 0 Å². The largest absolute Gasteiger partial charge is 0.508 e. The number of hydrogen-bond donors (Lipinski definition) is 2. The number of hydrogen-bond acceptors (Lipinski definition) is 5. The number of piperidine rings is 1. The van der Waals surface area contributed by atoms with Gasteiger partial charge in [-0.1, -0.05) is 20.3 Å². The zero-order valence-corrected chi connectivity index (χ0v) is 18.3. The van der Waals surface area contributed by atoms with Gasteiger partial charge in [0.25, 0.3) is 5.91 Å². The molecule has 2 aromatic rings. The van der Waals surface area contributed by atoms with Gasteiger partial charge in [0.15, 0.2) is 5.69 Å². The van der Waals surface area contributed by atoms with E-state index in [0.29, 0.717) is 23.2 Å². The molecule has 2 fully saturated rings. The number of phenols is 1. The van der Waals surface area contributed by atoms with Crippen LogP contribution >= 0.6 is 0 Å². The van der Waals surface area contributed by atoms with Crippen molar-refractivity contribution in [1.29, 1.82) is 0 Å². The molecule has 0 spiro atoms. The van der Waals surface area contributed by atoms with Crippen LogP contribution in [0.1, 0.15) is 69.4 Å². The van der Waals surface area contributed by atoms with Crippen LogP contribution in [0.15, 0.2) is 18.2 Å². The van der Waals surface area contributed by atoms with E-state index < -0.39 is 0 Å². The zero-order valence-electron chi connectivity index (χ0n) is 18.3. The van der Waals surface area contributed by atoms with Crippen LogP contribution in [-0.2, 0) is 4.74 Å². The fraction of sp³-hybridized carbons (Fsp3) is 0.652. The number of fused-ring (bicyclic) bond motifs is 3. The number of nitrogens with one attached hydrogen (secondary N) is 1. The summed E-state index contributed by atoms with van der Waals surface area (Å²) in [5.41, 5.74) is 1.28. The molecule has 4 atom stereocenters. The molecule has 164 valence electrons. The highest BCUT2D eigenvalue weighted by molar-refractivity contribution is 6.05. The Balaban J connectivity index is 1.53. The summed E-state index contributed by atoms with van der Waals surface area (Å²) in [6.45, 7) is 9.01. The lowest BCUT2D eigenvalue weighted by atomic mass is 9.89. The summed E-state index contributed by atoms with van der Waals surface area (Å²) in [5.74, 6) is -0.00480. The molecule has 0 saturated carbocycles. The van der Waals surface area contributed by atoms with Gasteiger partial charge < -0.3 is 15.2 Å². The molecule has 2 bridgehead atoms. The second kappa shape index (κ2) is 8.94. The van der Waals surface area contributed by atoms with Gasteiger partial charge in [-0.05, 0) is 57.4 Å². The number of nitrogens with zero attached hydrogens (tertiary/aromatic N) is 3. The molecule has 1 aromatic carbocycles. The van der Waals surface area contributed by atoms with Crippen LogP contribution in [0.5, 0.6) is 5.75 Å². The topological polar surface area (TPSA) is 79.6 Å². The molecule has 0 radical (unpaired) electrons. The van der Waals surface area contributed by atoms with E-state index in [4.69, 9.17) is 4.74 Å². The predicted molar refractivity (Wildman–Crippen MR) is 117 cm³/mol. The van der Waals surface area contributed by atoms with Crippen molar-refractivity contribution < 1.29 is 14.6 Å². The molecule has 2 aliphatic rings. The Bertz CT molecular complexity index is 882. The number of benzene rings is 1. The number of rotatable bonds is 7. The van der Waals surface area contributed by atoms with Gasteiger partial charge >= 0.3 is 0 Å². The van der Waals surface area contributed by atoms with Crippen molar-refractivity contribution in [1.82, 2.24) is 20.0 Å². The Labute approximate surface area is 178 Å². The van der Waals surface area contributed by atoms with Gasteiger partial charge in [-0.2, -0.15) is 5.10 Å². The number of carbonyl (C=O) groups excluding carboxylic acids is 1. The Morgan fingerprint density at radius 1 is 1.30 bits per heavy atom. The highest BCUT2D eigenvalue weighted by Gasteiger charge is 2.39. The molecule has 1 aromatic heterocycles. The minimum atomic E-state index is -0.154. The fourth-order valence-corrected chi connectivity index (χ4v) is 4.87. The fourth-order valence-electron chi connectivity index (χ4n) is 4.87. The number of morpholine rings is 1. The van der Waals surface area contributed by atoms with Gasteiger partial charge in [-0.3, -0.25) is 14.4 Å². The third kappa shape index (κ3) is 4.05. The average molecular weight is 415 g/mol. The van der Waals surface area contributed by atoms with Gasteiger partial charge in [0.05, 0.1) is 18.7 Å². The molecule has 0 aliphatic carbocycles. The molecule has 7 nitrogen and oxygen atoms in total. The number of ether oxygens (including phenoxy) is 1. The van der Waals surface area contributed by atoms with Gasteiger partial charge in [-0.25, -0.2) is 0 Å². The summed E-state index contributed by atoms with van der Waals surface area (Å²) in [7, 11) is 0. The lowest BCUT2D eigenvalue weighted by Crippen LogP contribution is -2.60. The molecule has 2 N–H and O–H groups in total. The highest BCUT2D eigenvalue weighted by Crippen LogP contribution is 2.30. The third-order valence-electron chi connectivity index (χ3n) is 6.69. The Hall–Kier alpha value is -2.12. The summed E-state index contributed by atoms with van der Waals surface area (Å²) < 4.78 is 7.70. The van der Waals surface area contributed by atoms with Crippen molar-refractivity contribution in [3.8, 4) is 5.75 Å². The summed E-state index contributed by atoms with van der Waals surface area (Å²) in [5, 5.41) is 18.6. The van der Waals surface area contributed by atoms with Crippen LogP contribution in [0.25, 0.3) is 10.9 Å². The number of aromatic hydroxyl groups is 1. The molecule has 0 unspecified atom stereocenters. The molecule has 3 heterocycles. The quantitative estimate of drug-likeness (QED) is 0.725. The minimum Gasteiger partial charge on any atom is -0.508 e. The van der Waals surface area contributed by atoms with Crippen LogP contribution in [0.2, 0.25) is 0 Å². The Morgan fingerprint density at radius 2 is 2.03 bits per heavy atom. The van der Waals surface area contributed by atoms with Crippen LogP contribution in [0, 0.1) is 0 Å². The molecular weight excluding hydrogens is 380 g/mol. The number of aromatic nitrogens is 2. The molecule has 2 saturated heterocycles. The van der Waals surface area contributed by atoms with E-state index in [-0.39, 0.29) is 23.7 Å². The minimum absolute atomic E-state index is 0.121.